The second-order valence-electron chi connectivity index (χ2n) is 5.62. The highest BCUT2D eigenvalue weighted by molar-refractivity contribution is 7.98. The topological polar surface area (TPSA) is 91.2 Å². The third-order valence-corrected chi connectivity index (χ3v) is 4.30. The van der Waals surface area contributed by atoms with Crippen LogP contribution in [0.3, 0.4) is 0 Å². The summed E-state index contributed by atoms with van der Waals surface area (Å²) < 4.78 is 12.5. The molecule has 0 bridgehead atoms. The predicted molar refractivity (Wildman–Crippen MR) is 103 cm³/mol. The molecule has 1 amide bonds. The quantitative estimate of drug-likeness (QED) is 0.625. The van der Waals surface area contributed by atoms with Crippen LogP contribution in [0.5, 0.6) is 11.5 Å². The standard InChI is InChI=1S/C18H19N5O3S/c1-12-7-8-15(16(9-12)25-2)26-11-17(24)19-13-5-4-6-14(10-13)23-18(27-3)20-21-22-23/h4-10H,11H2,1-3H3,(H,19,24). The summed E-state index contributed by atoms with van der Waals surface area (Å²) >= 11 is 1.43. The minimum Gasteiger partial charge on any atom is -0.493 e. The molecule has 27 heavy (non-hydrogen) atoms. The van der Waals surface area contributed by atoms with Gasteiger partial charge in [0, 0.05) is 5.69 Å². The molecule has 0 unspecified atom stereocenters. The summed E-state index contributed by atoms with van der Waals surface area (Å²) in [5.41, 5.74) is 2.43. The summed E-state index contributed by atoms with van der Waals surface area (Å²) in [6.45, 7) is 1.82. The molecule has 1 N–H and O–H groups in total. The van der Waals surface area contributed by atoms with E-state index in [2.05, 4.69) is 20.8 Å². The molecule has 1 heterocycles. The van der Waals surface area contributed by atoms with Crippen molar-refractivity contribution in [2.24, 2.45) is 0 Å². The Morgan fingerprint density at radius 1 is 1.22 bits per heavy atom. The number of aromatic nitrogens is 4. The Morgan fingerprint density at radius 3 is 2.85 bits per heavy atom. The van der Waals surface area contributed by atoms with E-state index in [1.165, 1.54) is 11.8 Å². The number of aryl methyl sites for hydroxylation is 1. The molecule has 0 aliphatic carbocycles. The van der Waals surface area contributed by atoms with Crippen LogP contribution < -0.4 is 14.8 Å². The fourth-order valence-electron chi connectivity index (χ4n) is 2.42. The number of rotatable bonds is 7. The van der Waals surface area contributed by atoms with Gasteiger partial charge in [-0.3, -0.25) is 4.79 Å². The second-order valence-corrected chi connectivity index (χ2v) is 6.39. The summed E-state index contributed by atoms with van der Waals surface area (Å²) in [6, 6.07) is 12.8. The van der Waals surface area contributed by atoms with E-state index in [1.54, 1.807) is 30.0 Å². The predicted octanol–water partition coefficient (Wildman–Crippen LogP) is 2.72. The molecule has 0 atom stereocenters. The lowest BCUT2D eigenvalue weighted by Gasteiger charge is -2.12. The molecule has 140 valence electrons. The first-order valence-corrected chi connectivity index (χ1v) is 9.33. The first-order valence-electron chi connectivity index (χ1n) is 8.11. The number of tetrazole rings is 1. The summed E-state index contributed by atoms with van der Waals surface area (Å²) in [4.78, 5) is 12.2. The Morgan fingerprint density at radius 2 is 2.07 bits per heavy atom. The van der Waals surface area contributed by atoms with E-state index in [9.17, 15) is 4.79 Å². The van der Waals surface area contributed by atoms with E-state index in [1.807, 2.05) is 37.4 Å². The number of ether oxygens (including phenoxy) is 2. The molecule has 0 saturated heterocycles. The molecule has 3 rings (SSSR count). The Labute approximate surface area is 160 Å². The number of anilines is 1. The van der Waals surface area contributed by atoms with Crippen molar-refractivity contribution in [3.63, 3.8) is 0 Å². The third-order valence-electron chi connectivity index (χ3n) is 3.68. The van der Waals surface area contributed by atoms with E-state index in [0.717, 1.165) is 11.3 Å². The van der Waals surface area contributed by atoms with Gasteiger partial charge in [-0.05, 0) is 59.5 Å². The van der Waals surface area contributed by atoms with Gasteiger partial charge in [0.05, 0.1) is 12.8 Å². The molecular weight excluding hydrogens is 366 g/mol. The molecule has 2 aromatic carbocycles. The van der Waals surface area contributed by atoms with Gasteiger partial charge in [0.2, 0.25) is 5.16 Å². The van der Waals surface area contributed by atoms with Crippen molar-refractivity contribution in [2.75, 3.05) is 25.3 Å². The van der Waals surface area contributed by atoms with Gasteiger partial charge in [-0.2, -0.15) is 4.68 Å². The van der Waals surface area contributed by atoms with Crippen molar-refractivity contribution in [1.29, 1.82) is 0 Å². The smallest absolute Gasteiger partial charge is 0.262 e. The maximum atomic E-state index is 12.2. The molecule has 3 aromatic rings. The van der Waals surface area contributed by atoms with Gasteiger partial charge in [0.15, 0.2) is 18.1 Å². The Hall–Kier alpha value is -3.07. The van der Waals surface area contributed by atoms with Crippen LogP contribution in [-0.4, -0.2) is 46.1 Å². The van der Waals surface area contributed by atoms with Crippen LogP contribution in [0.15, 0.2) is 47.6 Å². The van der Waals surface area contributed by atoms with Crippen LogP contribution in [-0.2, 0) is 4.79 Å². The maximum Gasteiger partial charge on any atom is 0.262 e. The van der Waals surface area contributed by atoms with Gasteiger partial charge in [-0.25, -0.2) is 0 Å². The molecule has 0 aliphatic heterocycles. The van der Waals surface area contributed by atoms with Crippen LogP contribution in [0.1, 0.15) is 5.56 Å². The average Bonchev–Trinajstić information content (AvgIpc) is 3.16. The molecule has 9 heteroatoms. The lowest BCUT2D eigenvalue weighted by atomic mass is 10.2. The lowest BCUT2D eigenvalue weighted by Crippen LogP contribution is -2.20. The summed E-state index contributed by atoms with van der Waals surface area (Å²) in [6.07, 6.45) is 1.89. The van der Waals surface area contributed by atoms with Crippen molar-refractivity contribution in [3.8, 4) is 17.2 Å². The lowest BCUT2D eigenvalue weighted by molar-refractivity contribution is -0.118. The number of carbonyl (C=O) groups excluding carboxylic acids is 1. The number of methoxy groups -OCH3 is 1. The van der Waals surface area contributed by atoms with Gasteiger partial charge < -0.3 is 14.8 Å². The van der Waals surface area contributed by atoms with Gasteiger partial charge >= 0.3 is 0 Å². The van der Waals surface area contributed by atoms with Gasteiger partial charge in [-0.15, -0.1) is 5.10 Å². The van der Waals surface area contributed by atoms with E-state index in [0.29, 0.717) is 22.3 Å². The Balaban J connectivity index is 1.66. The monoisotopic (exact) mass is 385 g/mol. The molecular formula is C18H19N5O3S. The SMILES string of the molecule is COc1cc(C)ccc1OCC(=O)Nc1cccc(-n2nnnc2SC)c1. The van der Waals surface area contributed by atoms with E-state index < -0.39 is 0 Å². The molecule has 1 aromatic heterocycles. The van der Waals surface area contributed by atoms with Crippen molar-refractivity contribution in [2.45, 2.75) is 12.1 Å². The Bertz CT molecular complexity index is 944. The number of amides is 1. The van der Waals surface area contributed by atoms with E-state index >= 15 is 0 Å². The van der Waals surface area contributed by atoms with Crippen molar-refractivity contribution in [1.82, 2.24) is 20.2 Å². The summed E-state index contributed by atoms with van der Waals surface area (Å²) in [5, 5.41) is 15.0. The summed E-state index contributed by atoms with van der Waals surface area (Å²) in [7, 11) is 1.56. The number of benzene rings is 2. The zero-order chi connectivity index (χ0) is 19.2. The molecule has 0 saturated carbocycles. The highest BCUT2D eigenvalue weighted by Gasteiger charge is 2.10. The molecule has 0 spiro atoms. The fraction of sp³-hybridized carbons (Fsp3) is 0.222. The fourth-order valence-corrected chi connectivity index (χ4v) is 2.85. The minimum atomic E-state index is -0.281. The number of hydrogen-bond acceptors (Lipinski definition) is 7. The largest absolute Gasteiger partial charge is 0.493 e. The van der Waals surface area contributed by atoms with Crippen LogP contribution in [0, 0.1) is 6.92 Å². The zero-order valence-electron chi connectivity index (χ0n) is 15.2. The number of carbonyl (C=O) groups is 1. The van der Waals surface area contributed by atoms with Crippen LogP contribution >= 0.6 is 11.8 Å². The molecule has 0 fully saturated rings. The Kier molecular flexibility index (Phi) is 5.92. The first-order chi connectivity index (χ1) is 13.1. The third kappa shape index (κ3) is 4.56. The first kappa shape index (κ1) is 18.7. The minimum absolute atomic E-state index is 0.134. The van der Waals surface area contributed by atoms with Crippen LogP contribution in [0.4, 0.5) is 5.69 Å². The number of nitrogens with zero attached hydrogens (tertiary/aromatic N) is 4. The molecule has 0 aliphatic rings. The average molecular weight is 385 g/mol. The van der Waals surface area contributed by atoms with Crippen molar-refractivity contribution in [3.05, 3.63) is 48.0 Å². The van der Waals surface area contributed by atoms with E-state index in [4.69, 9.17) is 9.47 Å². The molecule has 0 radical (unpaired) electrons. The van der Waals surface area contributed by atoms with Crippen LogP contribution in [0.25, 0.3) is 5.69 Å². The van der Waals surface area contributed by atoms with Gasteiger partial charge in [-0.1, -0.05) is 23.9 Å². The van der Waals surface area contributed by atoms with Gasteiger partial charge in [0.25, 0.3) is 5.91 Å². The highest BCUT2D eigenvalue weighted by Crippen LogP contribution is 2.27. The molecule has 8 nitrogen and oxygen atoms in total. The number of thioether (sulfide) groups is 1. The van der Waals surface area contributed by atoms with Crippen molar-refractivity contribution < 1.29 is 14.3 Å². The maximum absolute atomic E-state index is 12.2. The van der Waals surface area contributed by atoms with Crippen molar-refractivity contribution >= 4 is 23.4 Å². The zero-order valence-corrected chi connectivity index (χ0v) is 16.0. The summed E-state index contributed by atoms with van der Waals surface area (Å²) in [5.74, 6) is 0.829. The highest BCUT2D eigenvalue weighted by atomic mass is 32.2. The second kappa shape index (κ2) is 8.54. The van der Waals surface area contributed by atoms with E-state index in [-0.39, 0.29) is 12.5 Å². The normalized spacial score (nSPS) is 10.5. The van der Waals surface area contributed by atoms with Gasteiger partial charge in [0.1, 0.15) is 0 Å². The number of nitrogens with one attached hydrogen (secondary N) is 1. The number of hydrogen-bond donors (Lipinski definition) is 1. The van der Waals surface area contributed by atoms with Crippen LogP contribution in [0.2, 0.25) is 0 Å².